The predicted octanol–water partition coefficient (Wildman–Crippen LogP) is 4.44. The molecule has 0 bridgehead atoms. The van der Waals surface area contributed by atoms with E-state index in [0.29, 0.717) is 37.8 Å². The molecule has 6 rings (SSSR count). The molecule has 9 nitrogen and oxygen atoms in total. The van der Waals surface area contributed by atoms with Gasteiger partial charge >= 0.3 is 0 Å². The summed E-state index contributed by atoms with van der Waals surface area (Å²) in [7, 11) is 1.67. The molecule has 1 unspecified atom stereocenters. The van der Waals surface area contributed by atoms with Crippen molar-refractivity contribution in [3.05, 3.63) is 107 Å². The van der Waals surface area contributed by atoms with Crippen molar-refractivity contribution in [3.8, 4) is 5.75 Å². The Kier molecular flexibility index (Phi) is 7.26. The highest BCUT2D eigenvalue weighted by Gasteiger charge is 2.35. The van der Waals surface area contributed by atoms with E-state index >= 15 is 0 Å². The van der Waals surface area contributed by atoms with Crippen LogP contribution in [0.25, 0.3) is 11.0 Å². The van der Waals surface area contributed by atoms with Gasteiger partial charge in [0.25, 0.3) is 0 Å². The van der Waals surface area contributed by atoms with Gasteiger partial charge in [-0.25, -0.2) is 0 Å². The molecule has 9 heteroatoms. The van der Waals surface area contributed by atoms with Gasteiger partial charge in [-0.1, -0.05) is 72.8 Å². The average Bonchev–Trinajstić information content (AvgIpc) is 3.43. The molecule has 5 aromatic rings. The number of hydrogen-bond donors (Lipinski definition) is 3. The van der Waals surface area contributed by atoms with Gasteiger partial charge in [0, 0.05) is 26.2 Å². The largest absolute Gasteiger partial charge is 0.497 e. The molecule has 1 amide bonds. The van der Waals surface area contributed by atoms with Crippen LogP contribution in [0.5, 0.6) is 5.75 Å². The van der Waals surface area contributed by atoms with Crippen LogP contribution < -0.4 is 20.3 Å². The van der Waals surface area contributed by atoms with Crippen LogP contribution in [-0.2, 0) is 24.3 Å². The zero-order chi connectivity index (χ0) is 27.3. The summed E-state index contributed by atoms with van der Waals surface area (Å²) in [4.78, 5) is 25.2. The third-order valence-electron chi connectivity index (χ3n) is 7.15. The molecule has 202 valence electrons. The minimum atomic E-state index is -0.430. The number of carbonyl (C=O) groups excluding carboxylic acids is 1. The number of aromatic amines is 1. The highest BCUT2D eigenvalue weighted by atomic mass is 16.5. The van der Waals surface area contributed by atoms with Gasteiger partial charge in [-0.05, 0) is 35.2 Å². The van der Waals surface area contributed by atoms with Gasteiger partial charge in [-0.2, -0.15) is 15.1 Å². The lowest BCUT2D eigenvalue weighted by Gasteiger charge is -2.32. The Labute approximate surface area is 232 Å². The summed E-state index contributed by atoms with van der Waals surface area (Å²) >= 11 is 0. The lowest BCUT2D eigenvalue weighted by atomic mass is 9.96. The number of carbonyl (C=O) groups is 1. The van der Waals surface area contributed by atoms with Crippen molar-refractivity contribution >= 4 is 28.7 Å². The zero-order valence-electron chi connectivity index (χ0n) is 22.3. The quantitative estimate of drug-likeness (QED) is 0.244. The molecule has 2 aromatic heterocycles. The standard InChI is InChI=1S/C31H31N7O2/c1-40-24-14-8-13-21(17-24)15-16-32-31-34-28-26-27(36-37-28)25(30(39)33-18-22-9-4-2-5-10-22)20-38(29(26)35-31)19-23-11-6-3-7-12-23/h2-14,17,25H,15-16,18-20H2,1H3,(H,33,39)(H2,32,34,35,36,37). The number of amides is 1. The fourth-order valence-corrected chi connectivity index (χ4v) is 5.10. The number of anilines is 2. The molecule has 40 heavy (non-hydrogen) atoms. The van der Waals surface area contributed by atoms with E-state index in [0.717, 1.165) is 45.8 Å². The Balaban J connectivity index is 1.26. The van der Waals surface area contributed by atoms with E-state index < -0.39 is 5.92 Å². The summed E-state index contributed by atoms with van der Waals surface area (Å²) in [5.41, 5.74) is 4.64. The number of nitrogens with one attached hydrogen (secondary N) is 3. The number of hydrogen-bond acceptors (Lipinski definition) is 7. The maximum atomic E-state index is 13.5. The summed E-state index contributed by atoms with van der Waals surface area (Å²) in [5.74, 6) is 1.63. The van der Waals surface area contributed by atoms with Crippen LogP contribution in [0, 0.1) is 0 Å². The molecule has 0 fully saturated rings. The highest BCUT2D eigenvalue weighted by molar-refractivity contribution is 5.98. The number of ether oxygens (including phenoxy) is 1. The first kappa shape index (κ1) is 25.4. The second-order valence-electron chi connectivity index (χ2n) is 9.86. The minimum Gasteiger partial charge on any atom is -0.497 e. The van der Waals surface area contributed by atoms with Gasteiger partial charge in [-0.3, -0.25) is 9.89 Å². The van der Waals surface area contributed by atoms with E-state index in [-0.39, 0.29) is 5.91 Å². The zero-order valence-corrected chi connectivity index (χ0v) is 22.3. The van der Waals surface area contributed by atoms with Crippen LogP contribution in [0.1, 0.15) is 28.3 Å². The molecule has 0 saturated heterocycles. The molecule has 3 aromatic carbocycles. The highest BCUT2D eigenvalue weighted by Crippen LogP contribution is 2.37. The molecule has 1 aliphatic rings. The van der Waals surface area contributed by atoms with E-state index in [1.54, 1.807) is 7.11 Å². The van der Waals surface area contributed by atoms with Crippen molar-refractivity contribution in [2.75, 3.05) is 30.4 Å². The van der Waals surface area contributed by atoms with Gasteiger partial charge in [0.15, 0.2) is 5.65 Å². The molecule has 1 aliphatic heterocycles. The minimum absolute atomic E-state index is 0.0568. The SMILES string of the molecule is COc1cccc(CCNc2nc3c4c([nH]nc4n2)C(C(=O)NCc2ccccc2)CN3Cc2ccccc2)c1. The summed E-state index contributed by atoms with van der Waals surface area (Å²) in [6.45, 7) is 2.20. The first-order valence-corrected chi connectivity index (χ1v) is 13.4. The van der Waals surface area contributed by atoms with Crippen molar-refractivity contribution in [2.45, 2.75) is 25.4 Å². The van der Waals surface area contributed by atoms with Crippen LogP contribution in [0.2, 0.25) is 0 Å². The molecule has 1 atom stereocenters. The molecule has 0 aliphatic carbocycles. The van der Waals surface area contributed by atoms with E-state index in [1.165, 1.54) is 0 Å². The Hall–Kier alpha value is -4.92. The maximum absolute atomic E-state index is 13.5. The lowest BCUT2D eigenvalue weighted by molar-refractivity contribution is -0.122. The van der Waals surface area contributed by atoms with Crippen LogP contribution in [0.15, 0.2) is 84.9 Å². The van der Waals surface area contributed by atoms with E-state index in [4.69, 9.17) is 9.72 Å². The number of methoxy groups -OCH3 is 1. The normalized spacial score (nSPS) is 14.2. The van der Waals surface area contributed by atoms with E-state index in [9.17, 15) is 4.79 Å². The van der Waals surface area contributed by atoms with Crippen molar-refractivity contribution in [1.29, 1.82) is 0 Å². The van der Waals surface area contributed by atoms with Gasteiger partial charge in [0.05, 0.1) is 24.1 Å². The van der Waals surface area contributed by atoms with Crippen molar-refractivity contribution in [1.82, 2.24) is 25.5 Å². The van der Waals surface area contributed by atoms with Crippen molar-refractivity contribution in [2.24, 2.45) is 0 Å². The van der Waals surface area contributed by atoms with Crippen LogP contribution >= 0.6 is 0 Å². The summed E-state index contributed by atoms with van der Waals surface area (Å²) in [6, 6.07) is 28.1. The van der Waals surface area contributed by atoms with E-state index in [2.05, 4.69) is 48.9 Å². The summed E-state index contributed by atoms with van der Waals surface area (Å²) in [6.07, 6.45) is 0.789. The smallest absolute Gasteiger partial charge is 0.231 e. The topological polar surface area (TPSA) is 108 Å². The van der Waals surface area contributed by atoms with Gasteiger partial charge in [0.1, 0.15) is 11.6 Å². The number of H-pyrrole nitrogens is 1. The maximum Gasteiger partial charge on any atom is 0.231 e. The first-order chi connectivity index (χ1) is 19.7. The molecule has 3 heterocycles. The Morgan fingerprint density at radius 3 is 2.50 bits per heavy atom. The summed E-state index contributed by atoms with van der Waals surface area (Å²) < 4.78 is 5.34. The van der Waals surface area contributed by atoms with Crippen molar-refractivity contribution in [3.63, 3.8) is 0 Å². The number of nitrogens with zero attached hydrogens (tertiary/aromatic N) is 4. The van der Waals surface area contributed by atoms with Crippen LogP contribution in [-0.4, -0.2) is 46.3 Å². The third-order valence-corrected chi connectivity index (χ3v) is 7.15. The lowest BCUT2D eigenvalue weighted by Crippen LogP contribution is -2.40. The van der Waals surface area contributed by atoms with Crippen LogP contribution in [0.4, 0.5) is 11.8 Å². The van der Waals surface area contributed by atoms with Crippen molar-refractivity contribution < 1.29 is 9.53 Å². The van der Waals surface area contributed by atoms with E-state index in [1.807, 2.05) is 66.7 Å². The molecule has 3 N–H and O–H groups in total. The second kappa shape index (κ2) is 11.4. The van der Waals surface area contributed by atoms with Gasteiger partial charge < -0.3 is 20.3 Å². The average molecular weight is 534 g/mol. The fourth-order valence-electron chi connectivity index (χ4n) is 5.10. The molecule has 0 saturated carbocycles. The van der Waals surface area contributed by atoms with Gasteiger partial charge in [-0.15, -0.1) is 0 Å². The predicted molar refractivity (Wildman–Crippen MR) is 155 cm³/mol. The monoisotopic (exact) mass is 533 g/mol. The van der Waals surface area contributed by atoms with Gasteiger partial charge in [0.2, 0.25) is 11.9 Å². The molecular weight excluding hydrogens is 502 g/mol. The molecular formula is C31H31N7O2. The Morgan fingerprint density at radius 1 is 0.975 bits per heavy atom. The summed E-state index contributed by atoms with van der Waals surface area (Å²) in [5, 5.41) is 14.9. The Bertz CT molecular complexity index is 1600. The molecule has 0 spiro atoms. The number of aromatic nitrogens is 4. The third kappa shape index (κ3) is 5.44. The first-order valence-electron chi connectivity index (χ1n) is 13.4. The number of rotatable bonds is 10. The second-order valence-corrected chi connectivity index (χ2v) is 9.86. The van der Waals surface area contributed by atoms with Crippen LogP contribution in [0.3, 0.4) is 0 Å². The Morgan fingerprint density at radius 2 is 1.73 bits per heavy atom. The fraction of sp³-hybridized carbons (Fsp3) is 0.226. The molecule has 0 radical (unpaired) electrons. The number of benzene rings is 3.